The Kier molecular flexibility index (Phi) is 4.11. The molecule has 8 heteroatoms. The van der Waals surface area contributed by atoms with Gasteiger partial charge in [0.2, 0.25) is 0 Å². The highest BCUT2D eigenvalue weighted by molar-refractivity contribution is 7.09. The summed E-state index contributed by atoms with van der Waals surface area (Å²) in [6.07, 6.45) is 5.78. The normalized spacial score (nSPS) is 21.0. The third-order valence-electron chi connectivity index (χ3n) is 5.05. The minimum absolute atomic E-state index is 0.0898. The van der Waals surface area contributed by atoms with Gasteiger partial charge in [-0.05, 0) is 19.8 Å². The van der Waals surface area contributed by atoms with E-state index in [4.69, 9.17) is 4.74 Å². The lowest BCUT2D eigenvalue weighted by molar-refractivity contribution is -0.111. The fraction of sp³-hybridized carbons (Fsp3) is 0.647. The number of rotatable bonds is 5. The summed E-state index contributed by atoms with van der Waals surface area (Å²) in [5.41, 5.74) is 1.10. The molecule has 1 N–H and O–H groups in total. The van der Waals surface area contributed by atoms with Crippen molar-refractivity contribution in [2.24, 2.45) is 5.41 Å². The lowest BCUT2D eigenvalue weighted by Crippen LogP contribution is -2.44. The number of amides is 1. The number of thiazole rings is 1. The molecule has 0 atom stereocenters. The molecular weight excluding hydrogens is 338 g/mol. The summed E-state index contributed by atoms with van der Waals surface area (Å²) < 4.78 is 7.01. The summed E-state index contributed by atoms with van der Waals surface area (Å²) in [5, 5.41) is 14.4. The van der Waals surface area contributed by atoms with Crippen molar-refractivity contribution in [3.63, 3.8) is 0 Å². The minimum atomic E-state index is -0.354. The zero-order chi connectivity index (χ0) is 17.5. The summed E-state index contributed by atoms with van der Waals surface area (Å²) in [6, 6.07) is 0. The second-order valence-electron chi connectivity index (χ2n) is 7.64. The van der Waals surface area contributed by atoms with Gasteiger partial charge in [0.05, 0.1) is 31.5 Å². The molecule has 1 aliphatic carbocycles. The van der Waals surface area contributed by atoms with Crippen molar-refractivity contribution in [3.8, 4) is 0 Å². The molecule has 3 heterocycles. The van der Waals surface area contributed by atoms with E-state index in [-0.39, 0.29) is 16.9 Å². The van der Waals surface area contributed by atoms with Gasteiger partial charge in [-0.2, -0.15) is 0 Å². The highest BCUT2D eigenvalue weighted by atomic mass is 32.1. The smallest absolute Gasteiger partial charge is 0.274 e. The Hall–Kier alpha value is -1.80. The van der Waals surface area contributed by atoms with Crippen LogP contribution in [0.1, 0.15) is 53.8 Å². The van der Waals surface area contributed by atoms with Crippen molar-refractivity contribution < 1.29 is 9.53 Å². The van der Waals surface area contributed by atoms with Gasteiger partial charge in [-0.1, -0.05) is 25.0 Å². The molecule has 0 aromatic carbocycles. The van der Waals surface area contributed by atoms with E-state index < -0.39 is 0 Å². The van der Waals surface area contributed by atoms with Gasteiger partial charge in [-0.3, -0.25) is 9.48 Å². The monoisotopic (exact) mass is 361 g/mol. The molecule has 4 rings (SSSR count). The van der Waals surface area contributed by atoms with E-state index in [1.807, 2.05) is 12.3 Å². The van der Waals surface area contributed by atoms with Crippen LogP contribution in [0.2, 0.25) is 0 Å². The minimum Gasteiger partial charge on any atom is -0.380 e. The summed E-state index contributed by atoms with van der Waals surface area (Å²) in [7, 11) is 0. The first-order valence-electron chi connectivity index (χ1n) is 8.71. The van der Waals surface area contributed by atoms with Crippen LogP contribution in [0.5, 0.6) is 0 Å². The van der Waals surface area contributed by atoms with E-state index in [1.165, 1.54) is 0 Å². The van der Waals surface area contributed by atoms with Gasteiger partial charge in [0.15, 0.2) is 5.69 Å². The maximum Gasteiger partial charge on any atom is 0.274 e. The van der Waals surface area contributed by atoms with Crippen molar-refractivity contribution in [2.45, 2.75) is 51.6 Å². The molecule has 0 spiro atoms. The Morgan fingerprint density at radius 3 is 2.76 bits per heavy atom. The van der Waals surface area contributed by atoms with Crippen LogP contribution < -0.4 is 5.32 Å². The second-order valence-corrected chi connectivity index (χ2v) is 8.50. The molecular formula is C17H23N5O2S. The van der Waals surface area contributed by atoms with E-state index in [1.54, 1.807) is 22.2 Å². The molecule has 7 nitrogen and oxygen atoms in total. The SMILES string of the molecule is Cc1csc(C2(NC(=O)c3cn(CC4(C)COC4)nn3)CCCC2)n1. The molecule has 2 aliphatic rings. The number of ether oxygens (including phenoxy) is 1. The molecule has 1 saturated carbocycles. The Morgan fingerprint density at radius 1 is 1.40 bits per heavy atom. The predicted molar refractivity (Wildman–Crippen MR) is 93.4 cm³/mol. The average Bonchev–Trinajstić information content (AvgIpc) is 3.27. The van der Waals surface area contributed by atoms with Crippen LogP contribution in [0.4, 0.5) is 0 Å². The summed E-state index contributed by atoms with van der Waals surface area (Å²) in [6.45, 7) is 6.29. The number of hydrogen-bond acceptors (Lipinski definition) is 6. The summed E-state index contributed by atoms with van der Waals surface area (Å²) >= 11 is 1.63. The number of aromatic nitrogens is 4. The highest BCUT2D eigenvalue weighted by Crippen LogP contribution is 2.40. The molecule has 1 saturated heterocycles. The van der Waals surface area contributed by atoms with Gasteiger partial charge in [0, 0.05) is 16.5 Å². The number of nitrogens with one attached hydrogen (secondary N) is 1. The molecule has 1 aliphatic heterocycles. The topological polar surface area (TPSA) is 81.9 Å². The fourth-order valence-corrected chi connectivity index (χ4v) is 4.65. The van der Waals surface area contributed by atoms with Crippen molar-refractivity contribution >= 4 is 17.2 Å². The van der Waals surface area contributed by atoms with Crippen molar-refractivity contribution in [1.82, 2.24) is 25.3 Å². The number of aryl methyl sites for hydroxylation is 1. The standard InChI is InChI=1S/C17H23N5O2S/c1-12-8-25-15(18-12)17(5-3-4-6-17)19-14(23)13-7-22(21-20-13)9-16(2)10-24-11-16/h7-8H,3-6,9-11H2,1-2H3,(H,19,23). The predicted octanol–water partition coefficient (Wildman–Crippen LogP) is 2.28. The molecule has 2 aromatic heterocycles. The largest absolute Gasteiger partial charge is 0.380 e. The van der Waals surface area contributed by atoms with E-state index in [2.05, 4.69) is 27.5 Å². The molecule has 0 radical (unpaired) electrons. The van der Waals surface area contributed by atoms with Crippen LogP contribution in [-0.4, -0.2) is 39.1 Å². The Morgan fingerprint density at radius 2 is 2.16 bits per heavy atom. The van der Waals surface area contributed by atoms with Crippen LogP contribution in [0.15, 0.2) is 11.6 Å². The third-order valence-corrected chi connectivity index (χ3v) is 6.22. The summed E-state index contributed by atoms with van der Waals surface area (Å²) in [5.74, 6) is -0.170. The second kappa shape index (κ2) is 6.17. The van der Waals surface area contributed by atoms with Crippen molar-refractivity contribution in [1.29, 1.82) is 0 Å². The Bertz CT molecular complexity index is 774. The van der Waals surface area contributed by atoms with E-state index in [9.17, 15) is 4.79 Å². The van der Waals surface area contributed by atoms with Gasteiger partial charge in [-0.25, -0.2) is 4.98 Å². The number of carbonyl (C=O) groups excluding carboxylic acids is 1. The highest BCUT2D eigenvalue weighted by Gasteiger charge is 2.40. The maximum atomic E-state index is 12.8. The zero-order valence-corrected chi connectivity index (χ0v) is 15.4. The molecule has 2 fully saturated rings. The first-order valence-corrected chi connectivity index (χ1v) is 9.59. The Labute approximate surface area is 150 Å². The van der Waals surface area contributed by atoms with Crippen LogP contribution in [0, 0.1) is 12.3 Å². The van der Waals surface area contributed by atoms with E-state index in [0.29, 0.717) is 12.2 Å². The molecule has 25 heavy (non-hydrogen) atoms. The number of nitrogens with zero attached hydrogens (tertiary/aromatic N) is 4. The molecule has 0 unspecified atom stereocenters. The van der Waals surface area contributed by atoms with Gasteiger partial charge >= 0.3 is 0 Å². The van der Waals surface area contributed by atoms with Crippen LogP contribution in [0.3, 0.4) is 0 Å². The van der Waals surface area contributed by atoms with Gasteiger partial charge in [0.25, 0.3) is 5.91 Å². The third kappa shape index (κ3) is 3.20. The van der Waals surface area contributed by atoms with Crippen molar-refractivity contribution in [3.05, 3.63) is 28.0 Å². The number of hydrogen-bond donors (Lipinski definition) is 1. The molecule has 0 bridgehead atoms. The van der Waals surface area contributed by atoms with Gasteiger partial charge in [0.1, 0.15) is 5.01 Å². The van der Waals surface area contributed by atoms with E-state index in [0.717, 1.165) is 49.6 Å². The lowest BCUT2D eigenvalue weighted by atomic mass is 9.89. The van der Waals surface area contributed by atoms with Crippen LogP contribution in [-0.2, 0) is 16.8 Å². The first kappa shape index (κ1) is 16.7. The van der Waals surface area contributed by atoms with E-state index >= 15 is 0 Å². The van der Waals surface area contributed by atoms with Crippen LogP contribution in [0.25, 0.3) is 0 Å². The fourth-order valence-electron chi connectivity index (χ4n) is 3.64. The quantitative estimate of drug-likeness (QED) is 0.883. The molecule has 1 amide bonds. The Balaban J connectivity index is 1.49. The molecule has 2 aromatic rings. The first-order chi connectivity index (χ1) is 12.0. The van der Waals surface area contributed by atoms with Gasteiger partial charge < -0.3 is 10.1 Å². The van der Waals surface area contributed by atoms with Crippen LogP contribution >= 0.6 is 11.3 Å². The molecule has 134 valence electrons. The summed E-state index contributed by atoms with van der Waals surface area (Å²) in [4.78, 5) is 17.4. The number of carbonyl (C=O) groups is 1. The van der Waals surface area contributed by atoms with Crippen molar-refractivity contribution in [2.75, 3.05) is 13.2 Å². The zero-order valence-electron chi connectivity index (χ0n) is 14.6. The maximum absolute atomic E-state index is 12.8. The van der Waals surface area contributed by atoms with Gasteiger partial charge in [-0.15, -0.1) is 16.4 Å². The lowest BCUT2D eigenvalue weighted by Gasteiger charge is -2.37. The average molecular weight is 361 g/mol.